The van der Waals surface area contributed by atoms with Crippen LogP contribution in [0.5, 0.6) is 0 Å². The molecule has 1 heterocycles. The van der Waals surface area contributed by atoms with Crippen LogP contribution in [-0.2, 0) is 5.75 Å². The second-order valence-electron chi connectivity index (χ2n) is 5.31. The Morgan fingerprint density at radius 3 is 2.57 bits per heavy atom. The molecule has 0 spiro atoms. The average Bonchev–Trinajstić information content (AvgIpc) is 2.90. The van der Waals surface area contributed by atoms with Crippen LogP contribution in [0.4, 0.5) is 5.69 Å². The molecule has 0 aliphatic carbocycles. The smallest absolute Gasteiger partial charge is 0.205 e. The fourth-order valence-electron chi connectivity index (χ4n) is 2.17. The highest BCUT2D eigenvalue weighted by Crippen LogP contribution is 2.27. The Morgan fingerprint density at radius 2 is 1.90 bits per heavy atom. The Hall–Kier alpha value is -1.94. The molecule has 0 bridgehead atoms. The number of fused-ring (bicyclic) bond motifs is 1. The van der Waals surface area contributed by atoms with Crippen LogP contribution in [-0.4, -0.2) is 4.98 Å². The first kappa shape index (κ1) is 14.0. The van der Waals surface area contributed by atoms with Gasteiger partial charge in [-0.05, 0) is 35.7 Å². The average molecular weight is 298 g/mol. The summed E-state index contributed by atoms with van der Waals surface area (Å²) in [4.78, 5) is 5.68. The molecule has 2 N–H and O–H groups in total. The van der Waals surface area contributed by atoms with Crippen molar-refractivity contribution in [2.45, 2.75) is 30.4 Å². The summed E-state index contributed by atoms with van der Waals surface area (Å²) in [6.07, 6.45) is 0. The third kappa shape index (κ3) is 3.05. The minimum Gasteiger partial charge on any atom is -0.440 e. The van der Waals surface area contributed by atoms with Crippen LogP contribution < -0.4 is 5.73 Å². The minimum atomic E-state index is 0.559. The number of hydrogen-bond acceptors (Lipinski definition) is 4. The predicted octanol–water partition coefficient (Wildman–Crippen LogP) is 4.83. The van der Waals surface area contributed by atoms with Crippen molar-refractivity contribution in [2.75, 3.05) is 5.73 Å². The van der Waals surface area contributed by atoms with Gasteiger partial charge in [0, 0.05) is 4.90 Å². The summed E-state index contributed by atoms with van der Waals surface area (Å²) in [6, 6.07) is 14.3. The summed E-state index contributed by atoms with van der Waals surface area (Å²) in [6.45, 7) is 4.40. The molecule has 21 heavy (non-hydrogen) atoms. The van der Waals surface area contributed by atoms with Gasteiger partial charge in [0.25, 0.3) is 0 Å². The van der Waals surface area contributed by atoms with Gasteiger partial charge in [0.15, 0.2) is 5.58 Å². The molecule has 0 saturated heterocycles. The summed E-state index contributed by atoms with van der Waals surface area (Å²) in [5.41, 5.74) is 9.41. The van der Waals surface area contributed by atoms with E-state index in [0.717, 1.165) is 11.1 Å². The zero-order valence-electron chi connectivity index (χ0n) is 12.2. The lowest BCUT2D eigenvalue weighted by molar-refractivity contribution is 0.556. The summed E-state index contributed by atoms with van der Waals surface area (Å²) in [7, 11) is 0. The Bertz CT molecular complexity index is 747. The Kier molecular flexibility index (Phi) is 3.88. The topological polar surface area (TPSA) is 52.0 Å². The number of benzene rings is 2. The van der Waals surface area contributed by atoms with Crippen molar-refractivity contribution >= 4 is 28.5 Å². The summed E-state index contributed by atoms with van der Waals surface area (Å²) >= 11 is 1.72. The lowest BCUT2D eigenvalue weighted by atomic mass is 10.0. The standard InChI is InChI=1S/C17H18N2OS/c1-11(2)12-6-8-13(9-7-12)21-10-16-19-17-14(18)4-3-5-15(17)20-16/h3-9,11H,10,18H2,1-2H3. The molecule has 0 unspecified atom stereocenters. The van der Waals surface area contributed by atoms with E-state index < -0.39 is 0 Å². The number of rotatable bonds is 4. The molecule has 0 amide bonds. The SMILES string of the molecule is CC(C)c1ccc(SCc2nc3c(N)cccc3o2)cc1. The summed E-state index contributed by atoms with van der Waals surface area (Å²) in [5.74, 6) is 1.97. The first-order valence-electron chi connectivity index (χ1n) is 7.00. The monoisotopic (exact) mass is 298 g/mol. The fourth-order valence-corrected chi connectivity index (χ4v) is 2.91. The van der Waals surface area contributed by atoms with Crippen molar-refractivity contribution in [3.8, 4) is 0 Å². The van der Waals surface area contributed by atoms with Gasteiger partial charge < -0.3 is 10.2 Å². The van der Waals surface area contributed by atoms with Gasteiger partial charge in [-0.3, -0.25) is 0 Å². The highest BCUT2D eigenvalue weighted by Gasteiger charge is 2.08. The van der Waals surface area contributed by atoms with E-state index in [-0.39, 0.29) is 0 Å². The quantitative estimate of drug-likeness (QED) is 0.554. The Morgan fingerprint density at radius 1 is 1.14 bits per heavy atom. The second-order valence-corrected chi connectivity index (χ2v) is 6.36. The lowest BCUT2D eigenvalue weighted by Crippen LogP contribution is -1.87. The molecular formula is C17H18N2OS. The molecule has 0 aliphatic heterocycles. The Labute approximate surface area is 128 Å². The van der Waals surface area contributed by atoms with E-state index in [9.17, 15) is 0 Å². The zero-order valence-corrected chi connectivity index (χ0v) is 13.0. The number of nitrogens with zero attached hydrogens (tertiary/aromatic N) is 1. The molecule has 1 aromatic heterocycles. The molecule has 0 aliphatic rings. The van der Waals surface area contributed by atoms with Crippen LogP contribution in [0, 0.1) is 0 Å². The van der Waals surface area contributed by atoms with Crippen molar-refractivity contribution in [3.05, 3.63) is 53.9 Å². The molecule has 0 saturated carbocycles. The van der Waals surface area contributed by atoms with Crippen molar-refractivity contribution in [1.82, 2.24) is 4.98 Å². The summed E-state index contributed by atoms with van der Waals surface area (Å²) < 4.78 is 5.72. The van der Waals surface area contributed by atoms with Gasteiger partial charge in [0.05, 0.1) is 11.4 Å². The third-order valence-electron chi connectivity index (χ3n) is 3.40. The number of anilines is 1. The molecule has 0 radical (unpaired) electrons. The second kappa shape index (κ2) is 5.82. The van der Waals surface area contributed by atoms with Crippen LogP contribution >= 0.6 is 11.8 Å². The van der Waals surface area contributed by atoms with Crippen molar-refractivity contribution in [1.29, 1.82) is 0 Å². The lowest BCUT2D eigenvalue weighted by Gasteiger charge is -2.05. The van der Waals surface area contributed by atoms with Crippen molar-refractivity contribution < 1.29 is 4.42 Å². The largest absolute Gasteiger partial charge is 0.440 e. The van der Waals surface area contributed by atoms with Crippen LogP contribution in [0.3, 0.4) is 0 Å². The van der Waals surface area contributed by atoms with Crippen LogP contribution in [0.25, 0.3) is 11.1 Å². The molecule has 0 fully saturated rings. The first-order chi connectivity index (χ1) is 10.1. The number of hydrogen-bond donors (Lipinski definition) is 1. The number of thioether (sulfide) groups is 1. The Balaban J connectivity index is 1.72. The van der Waals surface area contributed by atoms with E-state index in [1.165, 1.54) is 10.5 Å². The van der Waals surface area contributed by atoms with Gasteiger partial charge in [0.2, 0.25) is 5.89 Å². The van der Waals surface area contributed by atoms with Crippen molar-refractivity contribution in [2.24, 2.45) is 0 Å². The molecule has 3 rings (SSSR count). The van der Waals surface area contributed by atoms with Crippen LogP contribution in [0.1, 0.15) is 31.2 Å². The number of oxazole rings is 1. The van der Waals surface area contributed by atoms with E-state index in [4.69, 9.17) is 10.2 Å². The maximum atomic E-state index is 5.89. The highest BCUT2D eigenvalue weighted by atomic mass is 32.2. The minimum absolute atomic E-state index is 0.559. The van der Waals surface area contributed by atoms with Gasteiger partial charge in [-0.25, -0.2) is 4.98 Å². The van der Waals surface area contributed by atoms with Gasteiger partial charge >= 0.3 is 0 Å². The molecule has 3 aromatic rings. The molecule has 108 valence electrons. The number of nitrogen functional groups attached to an aromatic ring is 1. The molecule has 4 heteroatoms. The molecular weight excluding hydrogens is 280 g/mol. The van der Waals surface area contributed by atoms with Gasteiger partial charge in [-0.2, -0.15) is 0 Å². The number of para-hydroxylation sites is 1. The van der Waals surface area contributed by atoms with E-state index >= 15 is 0 Å². The van der Waals surface area contributed by atoms with Gasteiger partial charge in [-0.1, -0.05) is 32.0 Å². The first-order valence-corrected chi connectivity index (χ1v) is 7.98. The maximum absolute atomic E-state index is 5.89. The summed E-state index contributed by atoms with van der Waals surface area (Å²) in [5, 5.41) is 0. The fraction of sp³-hybridized carbons (Fsp3) is 0.235. The van der Waals surface area contributed by atoms with Crippen molar-refractivity contribution in [3.63, 3.8) is 0 Å². The molecule has 2 aromatic carbocycles. The highest BCUT2D eigenvalue weighted by molar-refractivity contribution is 7.98. The van der Waals surface area contributed by atoms with Crippen LogP contribution in [0.15, 0.2) is 51.8 Å². The van der Waals surface area contributed by atoms with E-state index in [1.54, 1.807) is 11.8 Å². The van der Waals surface area contributed by atoms with E-state index in [1.807, 2.05) is 18.2 Å². The van der Waals surface area contributed by atoms with E-state index in [2.05, 4.69) is 43.1 Å². The predicted molar refractivity (Wildman–Crippen MR) is 88.5 cm³/mol. The normalized spacial score (nSPS) is 11.4. The van der Waals surface area contributed by atoms with Gasteiger partial charge in [-0.15, -0.1) is 11.8 Å². The maximum Gasteiger partial charge on any atom is 0.205 e. The molecule has 3 nitrogen and oxygen atoms in total. The third-order valence-corrected chi connectivity index (χ3v) is 4.40. The van der Waals surface area contributed by atoms with Crippen LogP contribution in [0.2, 0.25) is 0 Å². The van der Waals surface area contributed by atoms with Gasteiger partial charge in [0.1, 0.15) is 5.52 Å². The molecule has 0 atom stereocenters. The number of nitrogens with two attached hydrogens (primary N) is 1. The zero-order chi connectivity index (χ0) is 14.8. The number of aromatic nitrogens is 1. The van der Waals surface area contributed by atoms with E-state index in [0.29, 0.717) is 23.2 Å².